The summed E-state index contributed by atoms with van der Waals surface area (Å²) >= 11 is 0. The van der Waals surface area contributed by atoms with Crippen molar-refractivity contribution >= 4 is 11.9 Å². The summed E-state index contributed by atoms with van der Waals surface area (Å²) in [5.74, 6) is -1.22. The summed E-state index contributed by atoms with van der Waals surface area (Å²) in [4.78, 5) is 26.5. The van der Waals surface area contributed by atoms with E-state index in [-0.39, 0.29) is 19.4 Å². The van der Waals surface area contributed by atoms with Crippen LogP contribution in [0.2, 0.25) is 0 Å². The van der Waals surface area contributed by atoms with Crippen molar-refractivity contribution in [2.24, 2.45) is 0 Å². The fourth-order valence-corrected chi connectivity index (χ4v) is 8.97. The van der Waals surface area contributed by atoms with Crippen LogP contribution in [0.1, 0.15) is 245 Å². The molecule has 0 aromatic rings. The van der Waals surface area contributed by atoms with Gasteiger partial charge in [0.15, 0.2) is 12.4 Å². The average molecular weight is 1050 g/mol. The standard InChI is InChI=1S/C64H111NO10/c1-4-7-10-13-16-19-22-24-26-27-28-29-30-32-33-36-39-42-45-48-51-57(68)63(72)65-55(56(67)50-47-44-41-38-35-21-18-15-12-9-6-3)54-73-64-62(61(71)60(70)58(53-66)74-64)75-59(69)52-49-46-43-40-37-34-31-25-23-20-17-14-11-8-5-2/h7,10,16,19-20,23-24,26,28-29,32-33,47,50,55-58,60-62,64,66-68,70-71H,4-6,8-9,11-15,17-18,21-22,25,27,30-31,34-46,48-49,51-54H2,1-3H3,(H,65,72)/b10-7-,19-16-,23-20-,26-24-,29-28-,33-32-,50-47+. The van der Waals surface area contributed by atoms with Crippen LogP contribution in [-0.4, -0.2) is 99.6 Å². The maximum Gasteiger partial charge on any atom is 0.306 e. The molecule has 0 saturated carbocycles. The highest BCUT2D eigenvalue weighted by Crippen LogP contribution is 2.26. The van der Waals surface area contributed by atoms with Crippen LogP contribution in [0.3, 0.4) is 0 Å². The van der Waals surface area contributed by atoms with Crippen LogP contribution in [0.4, 0.5) is 0 Å². The van der Waals surface area contributed by atoms with E-state index in [1.54, 1.807) is 6.08 Å². The van der Waals surface area contributed by atoms with Gasteiger partial charge in [0.25, 0.3) is 0 Å². The second-order valence-corrected chi connectivity index (χ2v) is 20.7. The van der Waals surface area contributed by atoms with Crippen LogP contribution in [0, 0.1) is 0 Å². The summed E-state index contributed by atoms with van der Waals surface area (Å²) in [6, 6.07) is -1.04. The van der Waals surface area contributed by atoms with Crippen molar-refractivity contribution in [3.63, 3.8) is 0 Å². The van der Waals surface area contributed by atoms with Gasteiger partial charge in [-0.3, -0.25) is 9.59 Å². The molecule has 1 aliphatic rings. The number of hydrogen-bond donors (Lipinski definition) is 6. The van der Waals surface area contributed by atoms with E-state index in [9.17, 15) is 35.1 Å². The monoisotopic (exact) mass is 1050 g/mol. The third-order valence-electron chi connectivity index (χ3n) is 13.8. The molecule has 0 bridgehead atoms. The number of aliphatic hydroxyl groups is 5. The molecule has 1 aliphatic heterocycles. The highest BCUT2D eigenvalue weighted by molar-refractivity contribution is 5.80. The van der Waals surface area contributed by atoms with Crippen LogP contribution in [-0.2, 0) is 23.8 Å². The summed E-state index contributed by atoms with van der Waals surface area (Å²) < 4.78 is 17.6. The van der Waals surface area contributed by atoms with Crippen LogP contribution in [0.5, 0.6) is 0 Å². The summed E-state index contributed by atoms with van der Waals surface area (Å²) in [5, 5.41) is 56.9. The first-order valence-electron chi connectivity index (χ1n) is 30.4. The number of allylic oxidation sites excluding steroid dienone is 13. The van der Waals surface area contributed by atoms with Crippen molar-refractivity contribution < 1.29 is 49.3 Å². The number of carbonyl (C=O) groups excluding carboxylic acids is 2. The predicted molar refractivity (Wildman–Crippen MR) is 310 cm³/mol. The third kappa shape index (κ3) is 39.8. The molecule has 0 aromatic heterocycles. The number of esters is 1. The van der Waals surface area contributed by atoms with Crippen molar-refractivity contribution in [2.75, 3.05) is 13.2 Å². The Labute approximate surface area is 457 Å². The normalized spacial score (nSPS) is 19.8. The number of nitrogens with one attached hydrogen (secondary N) is 1. The highest BCUT2D eigenvalue weighted by atomic mass is 16.7. The van der Waals surface area contributed by atoms with Gasteiger partial charge in [0.05, 0.1) is 25.4 Å². The maximum atomic E-state index is 13.4. The quantitative estimate of drug-likeness (QED) is 0.0195. The molecular weight excluding hydrogens is 943 g/mol. The van der Waals surface area contributed by atoms with Gasteiger partial charge in [0, 0.05) is 6.42 Å². The molecule has 11 nitrogen and oxygen atoms in total. The first-order chi connectivity index (χ1) is 36.7. The minimum Gasteiger partial charge on any atom is -0.454 e. The molecule has 75 heavy (non-hydrogen) atoms. The molecule has 432 valence electrons. The lowest BCUT2D eigenvalue weighted by molar-refractivity contribution is -0.305. The second-order valence-electron chi connectivity index (χ2n) is 20.7. The Morgan fingerprint density at radius 3 is 1.47 bits per heavy atom. The van der Waals surface area contributed by atoms with Crippen molar-refractivity contribution in [3.8, 4) is 0 Å². The Kier molecular flexibility index (Phi) is 48.0. The number of rotatable bonds is 50. The average Bonchev–Trinajstić information content (AvgIpc) is 3.41. The van der Waals surface area contributed by atoms with Crippen LogP contribution in [0.15, 0.2) is 85.1 Å². The van der Waals surface area contributed by atoms with E-state index in [0.717, 1.165) is 116 Å². The number of hydrogen-bond acceptors (Lipinski definition) is 10. The van der Waals surface area contributed by atoms with Gasteiger partial charge in [-0.1, -0.05) is 228 Å². The lowest BCUT2D eigenvalue weighted by Crippen LogP contribution is -2.61. The van der Waals surface area contributed by atoms with E-state index < -0.39 is 67.4 Å². The summed E-state index contributed by atoms with van der Waals surface area (Å²) in [7, 11) is 0. The van der Waals surface area contributed by atoms with Crippen LogP contribution >= 0.6 is 0 Å². The zero-order chi connectivity index (χ0) is 54.7. The van der Waals surface area contributed by atoms with Crippen LogP contribution in [0.25, 0.3) is 0 Å². The molecule has 1 rings (SSSR count). The lowest BCUT2D eigenvalue weighted by atomic mass is 9.99. The van der Waals surface area contributed by atoms with E-state index in [1.165, 1.54) is 83.5 Å². The van der Waals surface area contributed by atoms with Gasteiger partial charge in [-0.05, 0) is 96.3 Å². The van der Waals surface area contributed by atoms with Gasteiger partial charge in [-0.15, -0.1) is 0 Å². The fourth-order valence-electron chi connectivity index (χ4n) is 8.97. The van der Waals surface area contributed by atoms with E-state index in [2.05, 4.69) is 99.0 Å². The molecule has 11 heteroatoms. The zero-order valence-electron chi connectivity index (χ0n) is 47.6. The summed E-state index contributed by atoms with van der Waals surface area (Å²) in [5.41, 5.74) is 0. The molecule has 1 saturated heterocycles. The van der Waals surface area contributed by atoms with Gasteiger partial charge in [0.2, 0.25) is 5.91 Å². The summed E-state index contributed by atoms with van der Waals surface area (Å²) in [6.07, 6.45) is 56.2. The minimum atomic E-state index is -1.62. The number of aliphatic hydroxyl groups excluding tert-OH is 5. The van der Waals surface area contributed by atoms with Crippen molar-refractivity contribution in [1.29, 1.82) is 0 Å². The molecule has 1 amide bonds. The number of ether oxygens (including phenoxy) is 3. The van der Waals surface area contributed by atoms with Crippen molar-refractivity contribution in [2.45, 2.75) is 294 Å². The first-order valence-corrected chi connectivity index (χ1v) is 30.4. The van der Waals surface area contributed by atoms with E-state index in [4.69, 9.17) is 14.2 Å². The Balaban J connectivity index is 2.70. The first kappa shape index (κ1) is 69.9. The molecule has 0 radical (unpaired) electrons. The fraction of sp³-hybridized carbons (Fsp3) is 0.750. The lowest BCUT2D eigenvalue weighted by Gasteiger charge is -2.41. The van der Waals surface area contributed by atoms with E-state index in [0.29, 0.717) is 12.8 Å². The maximum absolute atomic E-state index is 13.4. The highest BCUT2D eigenvalue weighted by Gasteiger charge is 2.47. The minimum absolute atomic E-state index is 0.113. The molecule has 6 N–H and O–H groups in total. The smallest absolute Gasteiger partial charge is 0.306 e. The van der Waals surface area contributed by atoms with Gasteiger partial charge in [-0.25, -0.2) is 0 Å². The molecule has 8 unspecified atom stereocenters. The Hall–Kier alpha value is -3.16. The topological polar surface area (TPSA) is 175 Å². The molecule has 1 fully saturated rings. The molecule has 0 spiro atoms. The SMILES string of the molecule is CC/C=C\C/C=C\C/C=C\C/C=C\C/C=C\CCCCCCC(O)C(=O)NC(COC1OC(CO)C(O)C(O)C1OC(=O)CCCCCCCCC/C=C\CCCCCC)C(O)/C=C/CCCCCCCCCCC. The zero-order valence-corrected chi connectivity index (χ0v) is 47.6. The molecule has 0 aliphatic carbocycles. The molecule has 0 aromatic carbocycles. The van der Waals surface area contributed by atoms with Crippen LogP contribution < -0.4 is 5.32 Å². The number of amides is 1. The predicted octanol–water partition coefficient (Wildman–Crippen LogP) is 14.2. The largest absolute Gasteiger partial charge is 0.454 e. The van der Waals surface area contributed by atoms with Gasteiger partial charge >= 0.3 is 5.97 Å². The van der Waals surface area contributed by atoms with Gasteiger partial charge < -0.3 is 45.1 Å². The van der Waals surface area contributed by atoms with Crippen molar-refractivity contribution in [1.82, 2.24) is 5.32 Å². The molecular formula is C64H111NO10. The summed E-state index contributed by atoms with van der Waals surface area (Å²) in [6.45, 7) is 5.63. The molecule has 8 atom stereocenters. The van der Waals surface area contributed by atoms with Crippen molar-refractivity contribution in [3.05, 3.63) is 85.1 Å². The van der Waals surface area contributed by atoms with E-state index >= 15 is 0 Å². The van der Waals surface area contributed by atoms with Gasteiger partial charge in [0.1, 0.15) is 24.4 Å². The second kappa shape index (κ2) is 51.6. The van der Waals surface area contributed by atoms with E-state index in [1.807, 2.05) is 6.08 Å². The Morgan fingerprint density at radius 1 is 0.533 bits per heavy atom. The Bertz CT molecular complexity index is 1540. The number of unbranched alkanes of at least 4 members (excludes halogenated alkanes) is 24. The third-order valence-corrected chi connectivity index (χ3v) is 13.8. The molecule has 1 heterocycles. The Morgan fingerprint density at radius 2 is 0.960 bits per heavy atom. The van der Waals surface area contributed by atoms with Gasteiger partial charge in [-0.2, -0.15) is 0 Å². The number of carbonyl (C=O) groups is 2.